The zero-order valence-corrected chi connectivity index (χ0v) is 15.8. The van der Waals surface area contributed by atoms with Crippen molar-refractivity contribution in [3.05, 3.63) is 82.5 Å². The van der Waals surface area contributed by atoms with Gasteiger partial charge >= 0.3 is 0 Å². The fraction of sp³-hybridized carbons (Fsp3) is 0.136. The standard InChI is InChI=1S/C22H20ClN3/c1-14-10-11-26-19(12-14)24-21(17-8-5-9-18(23)13-17)22(26)25-20-15(2)6-4-7-16(20)3/h4-13,25H,1-3H3. The molecule has 2 heterocycles. The van der Waals surface area contributed by atoms with E-state index >= 15 is 0 Å². The molecule has 4 aromatic rings. The van der Waals surface area contributed by atoms with E-state index in [0.29, 0.717) is 5.02 Å². The average Bonchev–Trinajstić information content (AvgIpc) is 2.96. The Morgan fingerprint density at radius 3 is 2.38 bits per heavy atom. The van der Waals surface area contributed by atoms with Gasteiger partial charge in [-0.1, -0.05) is 41.9 Å². The van der Waals surface area contributed by atoms with Gasteiger partial charge in [-0.3, -0.25) is 4.40 Å². The van der Waals surface area contributed by atoms with Crippen LogP contribution in [0.3, 0.4) is 0 Å². The molecule has 0 unspecified atom stereocenters. The fourth-order valence-electron chi connectivity index (χ4n) is 3.23. The molecule has 4 heteroatoms. The molecular formula is C22H20ClN3. The van der Waals surface area contributed by atoms with Gasteiger partial charge in [0.15, 0.2) is 0 Å². The van der Waals surface area contributed by atoms with Gasteiger partial charge in [-0.2, -0.15) is 0 Å². The molecule has 3 nitrogen and oxygen atoms in total. The first-order valence-corrected chi connectivity index (χ1v) is 8.98. The van der Waals surface area contributed by atoms with Crippen molar-refractivity contribution in [3.63, 3.8) is 0 Å². The number of hydrogen-bond acceptors (Lipinski definition) is 2. The van der Waals surface area contributed by atoms with Crippen LogP contribution >= 0.6 is 11.6 Å². The summed E-state index contributed by atoms with van der Waals surface area (Å²) >= 11 is 6.23. The second-order valence-corrected chi connectivity index (χ2v) is 7.08. The zero-order valence-electron chi connectivity index (χ0n) is 15.0. The highest BCUT2D eigenvalue weighted by atomic mass is 35.5. The number of halogens is 1. The highest BCUT2D eigenvalue weighted by molar-refractivity contribution is 6.30. The Kier molecular flexibility index (Phi) is 4.17. The number of aryl methyl sites for hydroxylation is 3. The lowest BCUT2D eigenvalue weighted by Crippen LogP contribution is -2.00. The van der Waals surface area contributed by atoms with Crippen LogP contribution in [0.1, 0.15) is 16.7 Å². The van der Waals surface area contributed by atoms with Crippen molar-refractivity contribution >= 4 is 28.8 Å². The van der Waals surface area contributed by atoms with Gasteiger partial charge in [0.2, 0.25) is 0 Å². The summed E-state index contributed by atoms with van der Waals surface area (Å²) in [4.78, 5) is 4.88. The molecular weight excluding hydrogens is 342 g/mol. The number of aromatic nitrogens is 2. The van der Waals surface area contributed by atoms with Gasteiger partial charge in [0.1, 0.15) is 17.2 Å². The van der Waals surface area contributed by atoms with Crippen LogP contribution in [0.5, 0.6) is 0 Å². The summed E-state index contributed by atoms with van der Waals surface area (Å²) in [6.45, 7) is 6.30. The van der Waals surface area contributed by atoms with Crippen molar-refractivity contribution < 1.29 is 0 Å². The Labute approximate surface area is 158 Å². The quantitative estimate of drug-likeness (QED) is 0.462. The van der Waals surface area contributed by atoms with Crippen molar-refractivity contribution in [3.8, 4) is 11.3 Å². The minimum absolute atomic E-state index is 0.703. The Bertz CT molecular complexity index is 1090. The Morgan fingerprint density at radius 1 is 0.923 bits per heavy atom. The number of anilines is 2. The van der Waals surface area contributed by atoms with Crippen molar-refractivity contribution in [1.82, 2.24) is 9.38 Å². The number of para-hydroxylation sites is 1. The second-order valence-electron chi connectivity index (χ2n) is 6.64. The minimum Gasteiger partial charge on any atom is -0.339 e. The molecule has 0 fully saturated rings. The Morgan fingerprint density at radius 2 is 1.65 bits per heavy atom. The van der Waals surface area contributed by atoms with Crippen LogP contribution in [0.15, 0.2) is 60.8 Å². The molecule has 26 heavy (non-hydrogen) atoms. The molecule has 0 saturated heterocycles. The first-order valence-electron chi connectivity index (χ1n) is 8.61. The van der Waals surface area contributed by atoms with Crippen molar-refractivity contribution in [1.29, 1.82) is 0 Å². The summed E-state index contributed by atoms with van der Waals surface area (Å²) in [5.74, 6) is 0.944. The van der Waals surface area contributed by atoms with E-state index < -0.39 is 0 Å². The Balaban J connectivity index is 1.95. The Hall–Kier alpha value is -2.78. The number of fused-ring (bicyclic) bond motifs is 1. The summed E-state index contributed by atoms with van der Waals surface area (Å²) in [5, 5.41) is 4.33. The van der Waals surface area contributed by atoms with Crippen LogP contribution in [-0.4, -0.2) is 9.38 Å². The lowest BCUT2D eigenvalue weighted by Gasteiger charge is -2.14. The summed E-state index contributed by atoms with van der Waals surface area (Å²) in [6.07, 6.45) is 2.06. The normalized spacial score (nSPS) is 11.1. The molecule has 2 aromatic carbocycles. The molecule has 130 valence electrons. The van der Waals surface area contributed by atoms with E-state index in [1.54, 1.807) is 0 Å². The van der Waals surface area contributed by atoms with Crippen molar-refractivity contribution in [2.24, 2.45) is 0 Å². The predicted molar refractivity (Wildman–Crippen MR) is 110 cm³/mol. The highest BCUT2D eigenvalue weighted by Gasteiger charge is 2.16. The molecule has 0 bridgehead atoms. The third-order valence-electron chi connectivity index (χ3n) is 4.60. The van der Waals surface area contributed by atoms with Crippen LogP contribution in [0, 0.1) is 20.8 Å². The second kappa shape index (κ2) is 6.50. The number of hydrogen-bond donors (Lipinski definition) is 1. The molecule has 1 N–H and O–H groups in total. The van der Waals surface area contributed by atoms with Crippen LogP contribution < -0.4 is 5.32 Å². The predicted octanol–water partition coefficient (Wildman–Crippen LogP) is 6.32. The largest absolute Gasteiger partial charge is 0.339 e. The molecule has 0 radical (unpaired) electrons. The molecule has 0 saturated carbocycles. The third kappa shape index (κ3) is 2.95. The van der Waals surface area contributed by atoms with Gasteiger partial charge in [-0.05, 0) is 61.7 Å². The average molecular weight is 362 g/mol. The number of nitrogens with one attached hydrogen (secondary N) is 1. The van der Waals surface area contributed by atoms with Gasteiger partial charge in [0.25, 0.3) is 0 Å². The summed E-state index contributed by atoms with van der Waals surface area (Å²) in [6, 6.07) is 18.3. The van der Waals surface area contributed by atoms with Gasteiger partial charge in [-0.15, -0.1) is 0 Å². The molecule has 0 aliphatic rings. The first-order chi connectivity index (χ1) is 12.5. The smallest absolute Gasteiger partial charge is 0.143 e. The van der Waals surface area contributed by atoms with E-state index in [-0.39, 0.29) is 0 Å². The lowest BCUT2D eigenvalue weighted by molar-refractivity contribution is 1.16. The summed E-state index contributed by atoms with van der Waals surface area (Å²) < 4.78 is 2.09. The molecule has 0 aliphatic heterocycles. The maximum absolute atomic E-state index is 6.23. The van der Waals surface area contributed by atoms with E-state index in [9.17, 15) is 0 Å². The first kappa shape index (κ1) is 16.7. The van der Waals surface area contributed by atoms with Crippen LogP contribution in [0.4, 0.5) is 11.5 Å². The zero-order chi connectivity index (χ0) is 18.3. The minimum atomic E-state index is 0.703. The van der Waals surface area contributed by atoms with E-state index in [0.717, 1.165) is 28.4 Å². The van der Waals surface area contributed by atoms with Crippen molar-refractivity contribution in [2.45, 2.75) is 20.8 Å². The molecule has 0 amide bonds. The van der Waals surface area contributed by atoms with Crippen LogP contribution in [-0.2, 0) is 0 Å². The maximum Gasteiger partial charge on any atom is 0.143 e. The van der Waals surface area contributed by atoms with Gasteiger partial charge in [0.05, 0.1) is 0 Å². The lowest BCUT2D eigenvalue weighted by atomic mass is 10.1. The summed E-state index contributed by atoms with van der Waals surface area (Å²) in [7, 11) is 0. The van der Waals surface area contributed by atoms with Gasteiger partial charge in [0, 0.05) is 22.5 Å². The molecule has 0 aliphatic carbocycles. The van der Waals surface area contributed by atoms with E-state index in [1.807, 2.05) is 24.3 Å². The number of imidazole rings is 1. The van der Waals surface area contributed by atoms with E-state index in [2.05, 4.69) is 67.0 Å². The number of nitrogens with zero attached hydrogens (tertiary/aromatic N) is 2. The van der Waals surface area contributed by atoms with Gasteiger partial charge in [-0.25, -0.2) is 4.98 Å². The SMILES string of the molecule is Cc1ccn2c(Nc3c(C)cccc3C)c(-c3cccc(Cl)c3)nc2c1. The third-order valence-corrected chi connectivity index (χ3v) is 4.84. The highest BCUT2D eigenvalue weighted by Crippen LogP contribution is 2.34. The van der Waals surface area contributed by atoms with Crippen LogP contribution in [0.2, 0.25) is 5.02 Å². The molecule has 0 spiro atoms. The number of pyridine rings is 1. The number of rotatable bonds is 3. The number of benzene rings is 2. The maximum atomic E-state index is 6.23. The summed E-state index contributed by atoms with van der Waals surface area (Å²) in [5.41, 5.74) is 7.48. The molecule has 4 rings (SSSR count). The van der Waals surface area contributed by atoms with Crippen molar-refractivity contribution in [2.75, 3.05) is 5.32 Å². The van der Waals surface area contributed by atoms with E-state index in [4.69, 9.17) is 16.6 Å². The van der Waals surface area contributed by atoms with Gasteiger partial charge < -0.3 is 5.32 Å². The monoisotopic (exact) mass is 361 g/mol. The van der Waals surface area contributed by atoms with E-state index in [1.165, 1.54) is 16.7 Å². The topological polar surface area (TPSA) is 29.3 Å². The molecule has 2 aromatic heterocycles. The molecule has 0 atom stereocenters. The van der Waals surface area contributed by atoms with Crippen LogP contribution in [0.25, 0.3) is 16.9 Å². The fourth-order valence-corrected chi connectivity index (χ4v) is 3.42.